The third-order valence-corrected chi connectivity index (χ3v) is 6.71. The van der Waals surface area contributed by atoms with Crippen LogP contribution in [0.25, 0.3) is 0 Å². The molecule has 1 aliphatic heterocycles. The summed E-state index contributed by atoms with van der Waals surface area (Å²) in [7, 11) is 0. The number of hydrogen-bond acceptors (Lipinski definition) is 3. The van der Waals surface area contributed by atoms with Crippen LogP contribution in [0.3, 0.4) is 0 Å². The van der Waals surface area contributed by atoms with Crippen LogP contribution in [0.1, 0.15) is 42.8 Å². The molecule has 24 heavy (non-hydrogen) atoms. The van der Waals surface area contributed by atoms with Gasteiger partial charge in [0.2, 0.25) is 0 Å². The molecule has 0 fully saturated rings. The van der Waals surface area contributed by atoms with Crippen molar-refractivity contribution in [2.45, 2.75) is 26.3 Å². The van der Waals surface area contributed by atoms with Crippen molar-refractivity contribution in [2.75, 3.05) is 6.54 Å². The van der Waals surface area contributed by atoms with E-state index < -0.39 is 0 Å². The molecule has 1 aromatic carbocycles. The summed E-state index contributed by atoms with van der Waals surface area (Å²) in [6.45, 7) is 4.93. The van der Waals surface area contributed by atoms with Crippen LogP contribution >= 0.6 is 22.7 Å². The predicted molar refractivity (Wildman–Crippen MR) is 101 cm³/mol. The lowest BCUT2D eigenvalue weighted by atomic mass is 9.97. The first-order chi connectivity index (χ1) is 11.6. The standard InChI is InChI=1S/C20H19NOS2/c1-13-5-6-15(12-14(13)2)20(22)21-9-7-17-16(8-11-24-17)19(21)18-4-3-10-23-18/h3-6,8,10-12,19H,7,9H2,1-2H3. The summed E-state index contributed by atoms with van der Waals surface area (Å²) in [5.74, 6) is 0.133. The molecule has 0 bridgehead atoms. The fraction of sp³-hybridized carbons (Fsp3) is 0.250. The average molecular weight is 354 g/mol. The van der Waals surface area contributed by atoms with Crippen LogP contribution in [0.15, 0.2) is 47.2 Å². The van der Waals surface area contributed by atoms with Gasteiger partial charge in [-0.25, -0.2) is 0 Å². The maximum Gasteiger partial charge on any atom is 0.254 e. The van der Waals surface area contributed by atoms with Gasteiger partial charge in [0.25, 0.3) is 5.91 Å². The Kier molecular flexibility index (Phi) is 4.02. The van der Waals surface area contributed by atoms with E-state index in [4.69, 9.17) is 0 Å². The zero-order valence-corrected chi connectivity index (χ0v) is 15.4. The van der Waals surface area contributed by atoms with Crippen molar-refractivity contribution in [3.8, 4) is 0 Å². The number of hydrogen-bond donors (Lipinski definition) is 0. The van der Waals surface area contributed by atoms with Crippen LogP contribution in [0, 0.1) is 13.8 Å². The van der Waals surface area contributed by atoms with Crippen LogP contribution in [0.5, 0.6) is 0 Å². The number of nitrogens with zero attached hydrogens (tertiary/aromatic N) is 1. The minimum atomic E-state index is 0.0501. The molecule has 0 radical (unpaired) electrons. The Morgan fingerprint density at radius 2 is 1.96 bits per heavy atom. The summed E-state index contributed by atoms with van der Waals surface area (Å²) < 4.78 is 0. The number of rotatable bonds is 2. The van der Waals surface area contributed by atoms with Gasteiger partial charge in [-0.1, -0.05) is 12.1 Å². The second-order valence-corrected chi connectivity index (χ2v) is 8.24. The summed E-state index contributed by atoms with van der Waals surface area (Å²) in [5.41, 5.74) is 4.48. The second-order valence-electron chi connectivity index (χ2n) is 6.26. The molecule has 4 rings (SSSR count). The van der Waals surface area contributed by atoms with E-state index >= 15 is 0 Å². The van der Waals surface area contributed by atoms with Crippen molar-refractivity contribution in [3.05, 3.63) is 79.2 Å². The van der Waals surface area contributed by atoms with Gasteiger partial charge < -0.3 is 4.90 Å². The van der Waals surface area contributed by atoms with E-state index in [9.17, 15) is 4.79 Å². The highest BCUT2D eigenvalue weighted by molar-refractivity contribution is 7.10. The maximum atomic E-state index is 13.2. The fourth-order valence-electron chi connectivity index (χ4n) is 3.33. The minimum Gasteiger partial charge on any atom is -0.326 e. The molecule has 0 spiro atoms. The SMILES string of the molecule is Cc1ccc(C(=O)N2CCc3sccc3C2c2cccs2)cc1C. The lowest BCUT2D eigenvalue weighted by Crippen LogP contribution is -2.39. The molecule has 0 saturated carbocycles. The van der Waals surface area contributed by atoms with Gasteiger partial charge in [0, 0.05) is 21.9 Å². The summed E-state index contributed by atoms with van der Waals surface area (Å²) in [6.07, 6.45) is 0.950. The fourth-order valence-corrected chi connectivity index (χ4v) is 5.09. The third-order valence-electron chi connectivity index (χ3n) is 4.79. The lowest BCUT2D eigenvalue weighted by molar-refractivity contribution is 0.0698. The molecule has 2 aromatic heterocycles. The van der Waals surface area contributed by atoms with E-state index in [1.54, 1.807) is 11.3 Å². The molecule has 0 saturated heterocycles. The molecule has 1 aliphatic rings. The van der Waals surface area contributed by atoms with Crippen LogP contribution in [0.2, 0.25) is 0 Å². The van der Waals surface area contributed by atoms with Crippen molar-refractivity contribution in [1.29, 1.82) is 0 Å². The van der Waals surface area contributed by atoms with Crippen LogP contribution in [-0.2, 0) is 6.42 Å². The van der Waals surface area contributed by atoms with Crippen molar-refractivity contribution in [1.82, 2.24) is 4.90 Å². The van der Waals surface area contributed by atoms with Gasteiger partial charge in [-0.15, -0.1) is 22.7 Å². The van der Waals surface area contributed by atoms with Crippen molar-refractivity contribution in [2.24, 2.45) is 0 Å². The summed E-state index contributed by atoms with van der Waals surface area (Å²) in [6, 6.07) is 12.5. The molecule has 1 atom stereocenters. The highest BCUT2D eigenvalue weighted by atomic mass is 32.1. The number of carbonyl (C=O) groups excluding carboxylic acids is 1. The largest absolute Gasteiger partial charge is 0.326 e. The summed E-state index contributed by atoms with van der Waals surface area (Å²) in [5, 5.41) is 4.24. The van der Waals surface area contributed by atoms with E-state index in [0.717, 1.165) is 18.5 Å². The van der Waals surface area contributed by atoms with Crippen LogP contribution < -0.4 is 0 Å². The van der Waals surface area contributed by atoms with Gasteiger partial charge in [0.15, 0.2) is 0 Å². The summed E-state index contributed by atoms with van der Waals surface area (Å²) >= 11 is 3.54. The quantitative estimate of drug-likeness (QED) is 0.619. The molecule has 1 unspecified atom stereocenters. The first-order valence-electron chi connectivity index (χ1n) is 8.13. The Balaban J connectivity index is 1.76. The van der Waals surface area contributed by atoms with E-state index in [0.29, 0.717) is 0 Å². The Bertz CT molecular complexity index is 879. The molecule has 2 nitrogen and oxygen atoms in total. The van der Waals surface area contributed by atoms with Gasteiger partial charge in [-0.3, -0.25) is 4.79 Å². The van der Waals surface area contributed by atoms with E-state index in [-0.39, 0.29) is 11.9 Å². The van der Waals surface area contributed by atoms with Gasteiger partial charge in [-0.05, 0) is 72.0 Å². The first-order valence-corrected chi connectivity index (χ1v) is 9.89. The highest BCUT2D eigenvalue weighted by Crippen LogP contribution is 2.40. The molecule has 3 heterocycles. The summed E-state index contributed by atoms with van der Waals surface area (Å²) in [4.78, 5) is 17.9. The van der Waals surface area contributed by atoms with E-state index in [1.165, 1.54) is 26.4 Å². The monoisotopic (exact) mass is 353 g/mol. The van der Waals surface area contributed by atoms with Crippen molar-refractivity contribution in [3.63, 3.8) is 0 Å². The van der Waals surface area contributed by atoms with Gasteiger partial charge >= 0.3 is 0 Å². The van der Waals surface area contributed by atoms with Gasteiger partial charge in [0.05, 0.1) is 6.04 Å². The number of aryl methyl sites for hydroxylation is 2. The molecule has 0 aliphatic carbocycles. The Hall–Kier alpha value is -1.91. The zero-order valence-electron chi connectivity index (χ0n) is 13.8. The lowest BCUT2D eigenvalue weighted by Gasteiger charge is -2.35. The number of amides is 1. The topological polar surface area (TPSA) is 20.3 Å². The number of carbonyl (C=O) groups is 1. The second kappa shape index (κ2) is 6.19. The average Bonchev–Trinajstić information content (AvgIpc) is 3.26. The van der Waals surface area contributed by atoms with Gasteiger partial charge in [-0.2, -0.15) is 0 Å². The Morgan fingerprint density at radius 1 is 1.08 bits per heavy atom. The smallest absolute Gasteiger partial charge is 0.254 e. The minimum absolute atomic E-state index is 0.0501. The number of benzene rings is 1. The third kappa shape index (κ3) is 2.60. The molecule has 3 aromatic rings. The molecule has 0 N–H and O–H groups in total. The normalized spacial score (nSPS) is 16.9. The number of thiophene rings is 2. The van der Waals surface area contributed by atoms with Crippen molar-refractivity contribution < 1.29 is 4.79 Å². The van der Waals surface area contributed by atoms with Gasteiger partial charge in [0.1, 0.15) is 0 Å². The molecular formula is C20H19NOS2. The Labute approximate surface area is 150 Å². The maximum absolute atomic E-state index is 13.2. The van der Waals surface area contributed by atoms with E-state index in [1.807, 2.05) is 34.4 Å². The predicted octanol–water partition coefficient (Wildman–Crippen LogP) is 5.21. The Morgan fingerprint density at radius 3 is 2.71 bits per heavy atom. The van der Waals surface area contributed by atoms with Crippen LogP contribution in [0.4, 0.5) is 0 Å². The van der Waals surface area contributed by atoms with E-state index in [2.05, 4.69) is 42.8 Å². The molecular weight excluding hydrogens is 334 g/mol. The van der Waals surface area contributed by atoms with Crippen LogP contribution in [-0.4, -0.2) is 17.4 Å². The molecule has 122 valence electrons. The first kappa shape index (κ1) is 15.6. The molecule has 4 heteroatoms. The highest BCUT2D eigenvalue weighted by Gasteiger charge is 2.33. The molecule has 1 amide bonds. The van der Waals surface area contributed by atoms with Crippen molar-refractivity contribution >= 4 is 28.6 Å². The number of fused-ring (bicyclic) bond motifs is 1. The zero-order chi connectivity index (χ0) is 16.7.